The van der Waals surface area contributed by atoms with Crippen molar-refractivity contribution in [2.24, 2.45) is 0 Å². The lowest BCUT2D eigenvalue weighted by atomic mass is 10.0. The smallest absolute Gasteiger partial charge is 0.317 e. The highest BCUT2D eigenvalue weighted by Gasteiger charge is 2.33. The normalized spacial score (nSPS) is 16.7. The minimum absolute atomic E-state index is 0.0599. The third-order valence-corrected chi connectivity index (χ3v) is 6.04. The standard InChI is InChI=1S/C20H23N5OS/c1-12-11-27-19(21-12)15-6-8-16(9-7-15)22-20(26)25-10-4-5-17(25)18-13(2)23-24-14(18)3/h6-9,11,17H,4-5,10H2,1-3H3,(H,22,26)(H,23,24)/t17-/m1/s1. The molecular formula is C20H23N5OS. The maximum Gasteiger partial charge on any atom is 0.322 e. The predicted molar refractivity (Wildman–Crippen MR) is 108 cm³/mol. The van der Waals surface area contributed by atoms with Gasteiger partial charge in [0.15, 0.2) is 0 Å². The van der Waals surface area contributed by atoms with Gasteiger partial charge < -0.3 is 10.2 Å². The number of H-pyrrole nitrogens is 1. The number of aromatic amines is 1. The fourth-order valence-corrected chi connectivity index (χ4v) is 4.54. The number of aryl methyl sites for hydroxylation is 3. The van der Waals surface area contributed by atoms with E-state index in [1.54, 1.807) is 11.3 Å². The Bertz CT molecular complexity index is 940. The molecule has 1 fully saturated rings. The van der Waals surface area contributed by atoms with Crippen molar-refractivity contribution in [3.8, 4) is 10.6 Å². The average Bonchev–Trinajstić information content (AvgIpc) is 3.36. The second-order valence-corrected chi connectivity index (χ2v) is 7.86. The minimum Gasteiger partial charge on any atom is -0.317 e. The number of urea groups is 1. The molecule has 2 aromatic heterocycles. The summed E-state index contributed by atoms with van der Waals surface area (Å²) in [7, 11) is 0. The number of amides is 2. The molecule has 2 N–H and O–H groups in total. The molecular weight excluding hydrogens is 358 g/mol. The van der Waals surface area contributed by atoms with Crippen LogP contribution in [0.15, 0.2) is 29.6 Å². The lowest BCUT2D eigenvalue weighted by Crippen LogP contribution is -2.34. The topological polar surface area (TPSA) is 73.9 Å². The van der Waals surface area contributed by atoms with E-state index < -0.39 is 0 Å². The van der Waals surface area contributed by atoms with E-state index in [1.807, 2.05) is 55.3 Å². The third-order valence-electron chi connectivity index (χ3n) is 5.03. The lowest BCUT2D eigenvalue weighted by molar-refractivity contribution is 0.207. The monoisotopic (exact) mass is 381 g/mol. The summed E-state index contributed by atoms with van der Waals surface area (Å²) in [5.41, 5.74) is 6.05. The van der Waals surface area contributed by atoms with Gasteiger partial charge in [0.2, 0.25) is 0 Å². The number of carbonyl (C=O) groups is 1. The van der Waals surface area contributed by atoms with Gasteiger partial charge in [-0.15, -0.1) is 11.3 Å². The van der Waals surface area contributed by atoms with Gasteiger partial charge in [-0.3, -0.25) is 5.10 Å². The van der Waals surface area contributed by atoms with Gasteiger partial charge in [-0.05, 0) is 57.9 Å². The highest BCUT2D eigenvalue weighted by atomic mass is 32.1. The Kier molecular flexibility index (Phi) is 4.70. The molecule has 6 nitrogen and oxygen atoms in total. The zero-order chi connectivity index (χ0) is 19.0. The molecule has 4 rings (SSSR count). The van der Waals surface area contributed by atoms with Crippen LogP contribution in [0.4, 0.5) is 10.5 Å². The number of carbonyl (C=O) groups excluding carboxylic acids is 1. The molecule has 0 unspecified atom stereocenters. The number of aromatic nitrogens is 3. The number of rotatable bonds is 3. The highest BCUT2D eigenvalue weighted by Crippen LogP contribution is 2.35. The van der Waals surface area contributed by atoms with Crippen molar-refractivity contribution in [2.45, 2.75) is 39.7 Å². The van der Waals surface area contributed by atoms with Gasteiger partial charge >= 0.3 is 6.03 Å². The summed E-state index contributed by atoms with van der Waals surface area (Å²) in [5.74, 6) is 0. The summed E-state index contributed by atoms with van der Waals surface area (Å²) in [6, 6.07) is 7.89. The number of hydrogen-bond acceptors (Lipinski definition) is 4. The van der Waals surface area contributed by atoms with Gasteiger partial charge in [-0.25, -0.2) is 9.78 Å². The highest BCUT2D eigenvalue weighted by molar-refractivity contribution is 7.13. The van der Waals surface area contributed by atoms with Crippen LogP contribution in [0.25, 0.3) is 10.6 Å². The van der Waals surface area contributed by atoms with Crippen molar-refractivity contribution < 1.29 is 4.79 Å². The largest absolute Gasteiger partial charge is 0.322 e. The summed E-state index contributed by atoms with van der Waals surface area (Å²) in [6.07, 6.45) is 1.97. The van der Waals surface area contributed by atoms with Crippen LogP contribution in [-0.4, -0.2) is 32.7 Å². The molecule has 0 bridgehead atoms. The van der Waals surface area contributed by atoms with E-state index in [-0.39, 0.29) is 12.1 Å². The first-order chi connectivity index (χ1) is 13.0. The molecule has 0 radical (unpaired) electrons. The number of thiazole rings is 1. The first-order valence-electron chi connectivity index (χ1n) is 9.14. The van der Waals surface area contributed by atoms with Crippen molar-refractivity contribution in [3.05, 3.63) is 52.3 Å². The van der Waals surface area contributed by atoms with Gasteiger partial charge in [-0.2, -0.15) is 5.10 Å². The van der Waals surface area contributed by atoms with Crippen LogP contribution in [0, 0.1) is 20.8 Å². The van der Waals surface area contributed by atoms with E-state index >= 15 is 0 Å². The lowest BCUT2D eigenvalue weighted by Gasteiger charge is -2.25. The number of anilines is 1. The van der Waals surface area contributed by atoms with Crippen molar-refractivity contribution in [1.29, 1.82) is 0 Å². The SMILES string of the molecule is Cc1csc(-c2ccc(NC(=O)N3CCC[C@@H]3c3c(C)n[nH]c3C)cc2)n1. The molecule has 7 heteroatoms. The molecule has 0 saturated carbocycles. The summed E-state index contributed by atoms with van der Waals surface area (Å²) in [5, 5.41) is 13.4. The molecule has 3 aromatic rings. The van der Waals surface area contributed by atoms with E-state index in [9.17, 15) is 4.79 Å². The number of hydrogen-bond donors (Lipinski definition) is 2. The van der Waals surface area contributed by atoms with Gasteiger partial charge in [0.05, 0.1) is 11.7 Å². The number of nitrogens with zero attached hydrogens (tertiary/aromatic N) is 3. The molecule has 0 spiro atoms. The Morgan fingerprint density at radius 3 is 2.67 bits per heavy atom. The fraction of sp³-hybridized carbons (Fsp3) is 0.350. The second kappa shape index (κ2) is 7.15. The molecule has 2 amide bonds. The van der Waals surface area contributed by atoms with Crippen molar-refractivity contribution in [2.75, 3.05) is 11.9 Å². The zero-order valence-corrected chi connectivity index (χ0v) is 16.6. The van der Waals surface area contributed by atoms with E-state index in [0.717, 1.165) is 58.3 Å². The molecule has 27 heavy (non-hydrogen) atoms. The summed E-state index contributed by atoms with van der Waals surface area (Å²) >= 11 is 1.63. The third kappa shape index (κ3) is 3.47. The Morgan fingerprint density at radius 2 is 2.04 bits per heavy atom. The van der Waals surface area contributed by atoms with Crippen LogP contribution >= 0.6 is 11.3 Å². The molecule has 1 saturated heterocycles. The first-order valence-corrected chi connectivity index (χ1v) is 10.0. The van der Waals surface area contributed by atoms with Crippen molar-refractivity contribution >= 4 is 23.1 Å². The van der Waals surface area contributed by atoms with Crippen LogP contribution in [0.5, 0.6) is 0 Å². The van der Waals surface area contributed by atoms with Crippen molar-refractivity contribution in [3.63, 3.8) is 0 Å². The summed E-state index contributed by atoms with van der Waals surface area (Å²) < 4.78 is 0. The van der Waals surface area contributed by atoms with E-state index in [0.29, 0.717) is 0 Å². The van der Waals surface area contributed by atoms with Crippen LogP contribution in [0.3, 0.4) is 0 Å². The summed E-state index contributed by atoms with van der Waals surface area (Å²) in [4.78, 5) is 19.3. The Hall–Kier alpha value is -2.67. The number of likely N-dealkylation sites (tertiary alicyclic amines) is 1. The maximum atomic E-state index is 12.9. The van der Waals surface area contributed by atoms with Gasteiger partial charge in [0.1, 0.15) is 5.01 Å². The molecule has 3 heterocycles. The quantitative estimate of drug-likeness (QED) is 0.682. The summed E-state index contributed by atoms with van der Waals surface area (Å²) in [6.45, 7) is 6.76. The van der Waals surface area contributed by atoms with E-state index in [2.05, 4.69) is 20.5 Å². The van der Waals surface area contributed by atoms with Crippen LogP contribution in [0.1, 0.15) is 41.5 Å². The number of benzene rings is 1. The maximum absolute atomic E-state index is 12.9. The van der Waals surface area contributed by atoms with Crippen LogP contribution in [-0.2, 0) is 0 Å². The molecule has 1 aromatic carbocycles. The molecule has 0 aliphatic carbocycles. The van der Waals surface area contributed by atoms with Crippen molar-refractivity contribution in [1.82, 2.24) is 20.1 Å². The predicted octanol–water partition coefficient (Wildman–Crippen LogP) is 4.83. The minimum atomic E-state index is -0.0599. The molecule has 140 valence electrons. The van der Waals surface area contributed by atoms with E-state index in [4.69, 9.17) is 0 Å². The van der Waals surface area contributed by atoms with Gasteiger partial charge in [0.25, 0.3) is 0 Å². The fourth-order valence-electron chi connectivity index (χ4n) is 3.74. The van der Waals surface area contributed by atoms with E-state index in [1.165, 1.54) is 0 Å². The van der Waals surface area contributed by atoms with Crippen LogP contribution in [0.2, 0.25) is 0 Å². The second-order valence-electron chi connectivity index (χ2n) is 7.00. The Morgan fingerprint density at radius 1 is 1.26 bits per heavy atom. The number of nitrogens with one attached hydrogen (secondary N) is 2. The average molecular weight is 382 g/mol. The zero-order valence-electron chi connectivity index (χ0n) is 15.7. The molecule has 1 atom stereocenters. The molecule has 1 aliphatic heterocycles. The Labute approximate surface area is 162 Å². The van der Waals surface area contributed by atoms with Gasteiger partial charge in [0, 0.05) is 40.1 Å². The van der Waals surface area contributed by atoms with Gasteiger partial charge in [-0.1, -0.05) is 0 Å². The first kappa shape index (κ1) is 17.7. The molecule has 1 aliphatic rings. The Balaban J connectivity index is 1.48. The van der Waals surface area contributed by atoms with Crippen LogP contribution < -0.4 is 5.32 Å².